The van der Waals surface area contributed by atoms with Crippen molar-refractivity contribution in [1.82, 2.24) is 34.4 Å². The van der Waals surface area contributed by atoms with Gasteiger partial charge >= 0.3 is 0 Å². The number of para-hydroxylation sites is 1. The van der Waals surface area contributed by atoms with Gasteiger partial charge in [-0.3, -0.25) is 14.2 Å². The van der Waals surface area contributed by atoms with E-state index in [9.17, 15) is 9.59 Å². The molecule has 4 heterocycles. The number of fused-ring (bicyclic) bond motifs is 1. The molecule has 0 bridgehead atoms. The average molecular weight is 863 g/mol. The van der Waals surface area contributed by atoms with Gasteiger partial charge in [-0.2, -0.15) is 9.97 Å². The van der Waals surface area contributed by atoms with Crippen LogP contribution in [-0.2, 0) is 23.4 Å². The van der Waals surface area contributed by atoms with E-state index in [2.05, 4.69) is 73.3 Å². The number of anilines is 4. The summed E-state index contributed by atoms with van der Waals surface area (Å²) in [6.07, 6.45) is -0.0167. The number of hydrogen-bond donors (Lipinski definition) is 3. The Morgan fingerprint density at radius 3 is 2.40 bits per heavy atom. The molecule has 0 saturated carbocycles. The van der Waals surface area contributed by atoms with E-state index >= 15 is 0 Å². The van der Waals surface area contributed by atoms with Gasteiger partial charge in [0.15, 0.2) is 23.6 Å². The van der Waals surface area contributed by atoms with Gasteiger partial charge in [0.05, 0.1) is 29.9 Å². The lowest BCUT2D eigenvalue weighted by Gasteiger charge is -2.36. The Morgan fingerprint density at radius 2 is 1.71 bits per heavy atom. The normalized spacial score (nSPS) is 17.0. The van der Waals surface area contributed by atoms with Crippen LogP contribution < -0.4 is 20.7 Å². The fraction of sp³-hybridized carbons (Fsp3) is 0.349. The van der Waals surface area contributed by atoms with Gasteiger partial charge in [0, 0.05) is 37.9 Å². The molecule has 6 aromatic rings. The SMILES string of the molecule is [2H]C[C@H]1O[C@@H](n2cnc3c(NC(=O)COc4ccccc4)nc(Nc4cc(-c5nnc(-c6ccccc6)o5)ccc4NC(C)=O)nc32)C[C@H]1OP(OCC[N+]#[C-])N(C(C)C)C(C)C. The van der Waals surface area contributed by atoms with Gasteiger partial charge in [-0.15, -0.1) is 10.2 Å². The van der Waals surface area contributed by atoms with Crippen LogP contribution in [0.25, 0.3) is 38.9 Å². The highest BCUT2D eigenvalue weighted by Crippen LogP contribution is 2.50. The van der Waals surface area contributed by atoms with E-state index in [1.807, 2.05) is 36.4 Å². The molecule has 0 spiro atoms. The summed E-state index contributed by atoms with van der Waals surface area (Å²) in [6, 6.07) is 23.6. The number of nitrogens with zero attached hydrogens (tertiary/aromatic N) is 8. The van der Waals surface area contributed by atoms with Crippen LogP contribution in [-0.4, -0.2) is 90.3 Å². The molecule has 2 amide bonds. The van der Waals surface area contributed by atoms with Crippen LogP contribution in [0, 0.1) is 6.57 Å². The first kappa shape index (κ1) is 42.3. The minimum atomic E-state index is -1.62. The number of aromatic nitrogens is 6. The summed E-state index contributed by atoms with van der Waals surface area (Å²) in [4.78, 5) is 43.4. The summed E-state index contributed by atoms with van der Waals surface area (Å²) in [5, 5.41) is 17.4. The second kappa shape index (κ2) is 20.0. The predicted octanol–water partition coefficient (Wildman–Crippen LogP) is 8.24. The zero-order chi connectivity index (χ0) is 44.5. The van der Waals surface area contributed by atoms with Crippen LogP contribution in [0.5, 0.6) is 5.75 Å². The summed E-state index contributed by atoms with van der Waals surface area (Å²) in [5.74, 6) is 0.370. The molecular formula is C43H48N11O7P. The van der Waals surface area contributed by atoms with Gasteiger partial charge in [0.1, 0.15) is 18.6 Å². The number of carbonyl (C=O) groups is 2. The third kappa shape index (κ3) is 10.6. The van der Waals surface area contributed by atoms with Gasteiger partial charge in [0.2, 0.25) is 30.2 Å². The van der Waals surface area contributed by atoms with Crippen molar-refractivity contribution in [3.05, 3.63) is 96.6 Å². The van der Waals surface area contributed by atoms with Crippen LogP contribution in [0.2, 0.25) is 0 Å². The lowest BCUT2D eigenvalue weighted by molar-refractivity contribution is -0.118. The van der Waals surface area contributed by atoms with Crippen LogP contribution in [0.3, 0.4) is 0 Å². The van der Waals surface area contributed by atoms with Gasteiger partial charge in [-0.1, -0.05) is 36.4 Å². The van der Waals surface area contributed by atoms with Crippen molar-refractivity contribution >= 4 is 54.6 Å². The quantitative estimate of drug-likeness (QED) is 0.0424. The minimum absolute atomic E-state index is 0.0341. The summed E-state index contributed by atoms with van der Waals surface area (Å²) >= 11 is 0. The molecule has 19 heteroatoms. The van der Waals surface area contributed by atoms with E-state index < -0.39 is 32.9 Å². The van der Waals surface area contributed by atoms with Gasteiger partial charge in [0.25, 0.3) is 14.4 Å². The maximum Gasteiger partial charge on any atom is 0.263 e. The third-order valence-electron chi connectivity index (χ3n) is 9.43. The standard InChI is InChI=1S/C43H48N11O7P/c1-26(2)54(27(3)4)62(58-21-20-44-7)61-35-23-37(59-28(35)5)53-25-45-38-39(48-36(56)24-57-32-16-12-9-13-17-32)49-43(50-40(38)53)47-34-22-31(18-19-33(34)46-29(6)55)42-52-51-41(60-42)30-14-10-8-11-15-30/h8-19,22,25-28,35,37H,20-21,23-24H2,1-6H3,(H,46,55)(H2,47,48,49,50,56)/t28-,35-,37-,62?/m1/s1/i5D. The van der Waals surface area contributed by atoms with E-state index in [4.69, 9.17) is 35.9 Å². The second-order valence-corrected chi connectivity index (χ2v) is 16.2. The van der Waals surface area contributed by atoms with Crippen molar-refractivity contribution in [3.8, 4) is 28.7 Å². The Balaban J connectivity index is 1.23. The Hall–Kier alpha value is -6.35. The molecule has 0 radical (unpaired) electrons. The average Bonchev–Trinajstić information content (AvgIpc) is 4.03. The minimum Gasteiger partial charge on any atom is -0.484 e. The summed E-state index contributed by atoms with van der Waals surface area (Å²) in [6.45, 7) is 16.9. The molecule has 18 nitrogen and oxygen atoms in total. The van der Waals surface area contributed by atoms with Crippen molar-refractivity contribution < 1.29 is 33.9 Å². The maximum absolute atomic E-state index is 13.4. The Labute approximate surface area is 361 Å². The zero-order valence-corrected chi connectivity index (χ0v) is 35.8. The number of amides is 2. The first-order chi connectivity index (χ1) is 30.5. The molecule has 3 aromatic heterocycles. The highest BCUT2D eigenvalue weighted by atomic mass is 31.2. The van der Waals surface area contributed by atoms with E-state index in [0.717, 1.165) is 5.56 Å². The molecule has 1 aliphatic heterocycles. The Morgan fingerprint density at radius 1 is 0.984 bits per heavy atom. The highest BCUT2D eigenvalue weighted by Gasteiger charge is 2.40. The number of carbonyl (C=O) groups excluding carboxylic acids is 2. The van der Waals surface area contributed by atoms with Crippen LogP contribution in [0.4, 0.5) is 23.1 Å². The number of benzene rings is 3. The lowest BCUT2D eigenvalue weighted by Crippen LogP contribution is -2.35. The van der Waals surface area contributed by atoms with Gasteiger partial charge in [-0.25, -0.2) is 16.2 Å². The van der Waals surface area contributed by atoms with E-state index in [-0.39, 0.29) is 67.8 Å². The molecule has 322 valence electrons. The van der Waals surface area contributed by atoms with E-state index in [1.54, 1.807) is 53.4 Å². The summed E-state index contributed by atoms with van der Waals surface area (Å²) in [5.41, 5.74) is 2.63. The van der Waals surface area contributed by atoms with Crippen molar-refractivity contribution in [3.63, 3.8) is 0 Å². The smallest absolute Gasteiger partial charge is 0.263 e. The largest absolute Gasteiger partial charge is 0.484 e. The molecule has 1 aliphatic rings. The molecule has 3 N–H and O–H groups in total. The second-order valence-electron chi connectivity index (χ2n) is 14.7. The Bertz CT molecular complexity index is 2530. The molecular weight excluding hydrogens is 814 g/mol. The number of ether oxygens (including phenoxy) is 2. The molecule has 1 unspecified atom stereocenters. The number of imidazole rings is 1. The fourth-order valence-corrected chi connectivity index (χ4v) is 8.48. The Kier molecular flexibility index (Phi) is 13.7. The monoisotopic (exact) mass is 862 g/mol. The maximum atomic E-state index is 13.4. The van der Waals surface area contributed by atoms with Crippen LogP contribution in [0.15, 0.2) is 89.6 Å². The van der Waals surface area contributed by atoms with E-state index in [1.165, 1.54) is 6.92 Å². The van der Waals surface area contributed by atoms with Crippen molar-refractivity contribution in [2.45, 2.75) is 78.5 Å². The number of hydrogen-bond acceptors (Lipinski definition) is 14. The predicted molar refractivity (Wildman–Crippen MR) is 234 cm³/mol. The first-order valence-corrected chi connectivity index (χ1v) is 21.1. The van der Waals surface area contributed by atoms with Gasteiger partial charge < -0.3 is 43.7 Å². The fourth-order valence-electron chi connectivity index (χ4n) is 6.73. The molecule has 62 heavy (non-hydrogen) atoms. The molecule has 1 fully saturated rings. The summed E-state index contributed by atoms with van der Waals surface area (Å²) in [7, 11) is -1.62. The first-order valence-electron chi connectivity index (χ1n) is 20.7. The topological polar surface area (TPSA) is 197 Å². The van der Waals surface area contributed by atoms with Crippen molar-refractivity contribution in [1.29, 1.82) is 0 Å². The molecule has 0 aliphatic carbocycles. The summed E-state index contributed by atoms with van der Waals surface area (Å²) < 4.78 is 43.3. The van der Waals surface area contributed by atoms with E-state index in [0.29, 0.717) is 40.6 Å². The molecule has 4 atom stereocenters. The highest BCUT2D eigenvalue weighted by molar-refractivity contribution is 7.44. The van der Waals surface area contributed by atoms with Crippen LogP contribution >= 0.6 is 8.53 Å². The van der Waals surface area contributed by atoms with Crippen LogP contribution in [0.1, 0.15) is 55.5 Å². The third-order valence-corrected chi connectivity index (χ3v) is 11.6. The van der Waals surface area contributed by atoms with Crippen molar-refractivity contribution in [2.24, 2.45) is 0 Å². The van der Waals surface area contributed by atoms with Gasteiger partial charge in [-0.05, 0) is 77.1 Å². The lowest BCUT2D eigenvalue weighted by atomic mass is 10.1. The number of rotatable bonds is 18. The van der Waals surface area contributed by atoms with Crippen molar-refractivity contribution in [2.75, 3.05) is 35.7 Å². The molecule has 1 saturated heterocycles. The number of nitrogens with one attached hydrogen (secondary N) is 3. The molecule has 3 aromatic carbocycles. The molecule has 7 rings (SSSR count). The zero-order valence-electron chi connectivity index (χ0n) is 35.9.